The first kappa shape index (κ1) is 17.8. The van der Waals surface area contributed by atoms with Crippen LogP contribution in [0.4, 0.5) is 10.2 Å². The van der Waals surface area contributed by atoms with Crippen LogP contribution >= 0.6 is 0 Å². The molecule has 0 spiro atoms. The average molecular weight is 397 g/mol. The van der Waals surface area contributed by atoms with Gasteiger partial charge in [0.05, 0.1) is 13.5 Å². The number of piperidine rings is 1. The molecule has 3 heterocycles. The zero-order chi connectivity index (χ0) is 20.1. The molecule has 2 N–H and O–H groups in total. The molecule has 5 rings (SSSR count). The van der Waals surface area contributed by atoms with Gasteiger partial charge in [0.1, 0.15) is 23.5 Å². The molecule has 0 bridgehead atoms. The van der Waals surface area contributed by atoms with E-state index in [9.17, 15) is 9.18 Å². The van der Waals surface area contributed by atoms with E-state index in [1.807, 2.05) is 0 Å². The molecule has 10 heteroatoms. The van der Waals surface area contributed by atoms with Crippen molar-refractivity contribution in [2.75, 3.05) is 25.1 Å². The molecule has 1 amide bonds. The largest absolute Gasteiger partial charge is 0.494 e. The highest BCUT2D eigenvalue weighted by Gasteiger charge is 2.56. The van der Waals surface area contributed by atoms with E-state index in [0.29, 0.717) is 34.7 Å². The van der Waals surface area contributed by atoms with Crippen molar-refractivity contribution in [2.45, 2.75) is 19.4 Å². The fourth-order valence-corrected chi connectivity index (χ4v) is 4.24. The van der Waals surface area contributed by atoms with Crippen molar-refractivity contribution in [3.8, 4) is 5.75 Å². The van der Waals surface area contributed by atoms with Crippen LogP contribution in [0.3, 0.4) is 0 Å². The minimum atomic E-state index is -0.481. The number of methoxy groups -OCH3 is 1. The zero-order valence-electron chi connectivity index (χ0n) is 16.0. The highest BCUT2D eigenvalue weighted by atomic mass is 19.1. The van der Waals surface area contributed by atoms with Crippen LogP contribution in [0.5, 0.6) is 5.75 Å². The van der Waals surface area contributed by atoms with Gasteiger partial charge in [0.2, 0.25) is 5.91 Å². The van der Waals surface area contributed by atoms with Crippen molar-refractivity contribution in [3.05, 3.63) is 35.9 Å². The van der Waals surface area contributed by atoms with Crippen LogP contribution in [0.15, 0.2) is 18.5 Å². The molecule has 150 valence electrons. The van der Waals surface area contributed by atoms with E-state index in [1.165, 1.54) is 13.4 Å². The SMILES string of the molecule is COc1ccc2c(N3C[C@@H]4C(NC(=O)Cc5n[nH]c(C)n5)[C@@H]4C3)ncnc2c1F. The molecule has 3 atom stereocenters. The Kier molecular flexibility index (Phi) is 4.07. The van der Waals surface area contributed by atoms with Crippen LogP contribution in [0.25, 0.3) is 10.9 Å². The number of fused-ring (bicyclic) bond motifs is 2. The Balaban J connectivity index is 1.26. The lowest BCUT2D eigenvalue weighted by molar-refractivity contribution is -0.120. The van der Waals surface area contributed by atoms with Crippen molar-refractivity contribution < 1.29 is 13.9 Å². The maximum atomic E-state index is 14.5. The number of nitrogens with one attached hydrogen (secondary N) is 2. The molecule has 29 heavy (non-hydrogen) atoms. The van der Waals surface area contributed by atoms with Crippen LogP contribution in [-0.2, 0) is 11.2 Å². The molecule has 2 fully saturated rings. The van der Waals surface area contributed by atoms with Gasteiger partial charge in [0, 0.05) is 36.4 Å². The summed E-state index contributed by atoms with van der Waals surface area (Å²) < 4.78 is 19.6. The summed E-state index contributed by atoms with van der Waals surface area (Å²) in [5.41, 5.74) is 0.251. The summed E-state index contributed by atoms with van der Waals surface area (Å²) in [4.78, 5) is 27.0. The minimum absolute atomic E-state index is 0.0726. The van der Waals surface area contributed by atoms with E-state index in [-0.39, 0.29) is 29.6 Å². The van der Waals surface area contributed by atoms with Crippen LogP contribution in [0, 0.1) is 24.6 Å². The van der Waals surface area contributed by atoms with Crippen LogP contribution in [-0.4, -0.2) is 57.3 Å². The number of anilines is 1. The number of hydrogen-bond acceptors (Lipinski definition) is 7. The molecule has 1 aliphatic carbocycles. The molecule has 3 aromatic rings. The fourth-order valence-electron chi connectivity index (χ4n) is 4.24. The van der Waals surface area contributed by atoms with E-state index in [1.54, 1.807) is 19.1 Å². The van der Waals surface area contributed by atoms with E-state index < -0.39 is 5.82 Å². The molecule has 1 saturated carbocycles. The van der Waals surface area contributed by atoms with E-state index in [0.717, 1.165) is 13.1 Å². The van der Waals surface area contributed by atoms with Crippen molar-refractivity contribution in [3.63, 3.8) is 0 Å². The quantitative estimate of drug-likeness (QED) is 0.661. The van der Waals surface area contributed by atoms with Crippen molar-refractivity contribution >= 4 is 22.6 Å². The highest BCUT2D eigenvalue weighted by molar-refractivity contribution is 5.91. The van der Waals surface area contributed by atoms with Crippen molar-refractivity contribution in [1.82, 2.24) is 30.5 Å². The van der Waals surface area contributed by atoms with Gasteiger partial charge in [-0.05, 0) is 19.1 Å². The number of carbonyl (C=O) groups is 1. The van der Waals surface area contributed by atoms with Gasteiger partial charge in [-0.25, -0.2) is 19.3 Å². The molecule has 2 aromatic heterocycles. The minimum Gasteiger partial charge on any atom is -0.494 e. The van der Waals surface area contributed by atoms with Crippen molar-refractivity contribution in [2.24, 2.45) is 11.8 Å². The lowest BCUT2D eigenvalue weighted by Gasteiger charge is -2.22. The lowest BCUT2D eigenvalue weighted by Crippen LogP contribution is -2.35. The molecule has 0 radical (unpaired) electrons. The van der Waals surface area contributed by atoms with E-state index in [2.05, 4.69) is 35.4 Å². The van der Waals surface area contributed by atoms with E-state index >= 15 is 0 Å². The Morgan fingerprint density at radius 2 is 2.14 bits per heavy atom. The summed E-state index contributed by atoms with van der Waals surface area (Å²) in [5.74, 6) is 2.24. The molecule has 2 aliphatic rings. The van der Waals surface area contributed by atoms with Gasteiger partial charge in [-0.3, -0.25) is 9.89 Å². The first-order valence-corrected chi connectivity index (χ1v) is 9.44. The molecule has 1 aliphatic heterocycles. The first-order chi connectivity index (χ1) is 14.0. The Labute approximate surface area is 165 Å². The number of rotatable bonds is 5. The third-order valence-corrected chi connectivity index (χ3v) is 5.69. The summed E-state index contributed by atoms with van der Waals surface area (Å²) in [5, 5.41) is 10.5. The van der Waals surface area contributed by atoms with E-state index in [4.69, 9.17) is 4.74 Å². The predicted octanol–water partition coefficient (Wildman–Crippen LogP) is 0.998. The number of aryl methyl sites for hydroxylation is 1. The summed E-state index contributed by atoms with van der Waals surface area (Å²) in [6.07, 6.45) is 1.55. The summed E-state index contributed by atoms with van der Waals surface area (Å²) in [7, 11) is 1.43. The normalized spacial score (nSPS) is 22.6. The molecule has 9 nitrogen and oxygen atoms in total. The maximum Gasteiger partial charge on any atom is 0.227 e. The Bertz CT molecular complexity index is 1090. The van der Waals surface area contributed by atoms with Gasteiger partial charge in [-0.2, -0.15) is 5.10 Å². The lowest BCUT2D eigenvalue weighted by atomic mass is 10.2. The number of nitrogens with zero attached hydrogens (tertiary/aromatic N) is 5. The Hall–Kier alpha value is -3.30. The third kappa shape index (κ3) is 3.04. The number of carbonyl (C=O) groups excluding carboxylic acids is 1. The van der Waals surface area contributed by atoms with Crippen LogP contribution < -0.4 is 15.0 Å². The van der Waals surface area contributed by atoms with Crippen LogP contribution in [0.1, 0.15) is 11.6 Å². The maximum absolute atomic E-state index is 14.5. The predicted molar refractivity (Wildman–Crippen MR) is 102 cm³/mol. The number of ether oxygens (including phenoxy) is 1. The molecular formula is C19H20FN7O2. The van der Waals surface area contributed by atoms with Gasteiger partial charge in [-0.1, -0.05) is 0 Å². The van der Waals surface area contributed by atoms with Gasteiger partial charge in [0.15, 0.2) is 17.4 Å². The smallest absolute Gasteiger partial charge is 0.227 e. The Morgan fingerprint density at radius 3 is 2.83 bits per heavy atom. The third-order valence-electron chi connectivity index (χ3n) is 5.69. The van der Waals surface area contributed by atoms with Crippen molar-refractivity contribution in [1.29, 1.82) is 0 Å². The highest BCUT2D eigenvalue weighted by Crippen LogP contribution is 2.47. The van der Waals surface area contributed by atoms with Gasteiger partial charge in [0.25, 0.3) is 0 Å². The second-order valence-corrected chi connectivity index (χ2v) is 7.52. The number of aromatic nitrogens is 5. The molecule has 1 aromatic carbocycles. The molecule has 1 saturated heterocycles. The number of amides is 1. The Morgan fingerprint density at radius 1 is 1.34 bits per heavy atom. The van der Waals surface area contributed by atoms with Gasteiger partial charge < -0.3 is 15.0 Å². The number of hydrogen-bond donors (Lipinski definition) is 2. The van der Waals surface area contributed by atoms with Gasteiger partial charge >= 0.3 is 0 Å². The number of halogens is 1. The zero-order valence-corrected chi connectivity index (χ0v) is 16.0. The number of aromatic amines is 1. The second-order valence-electron chi connectivity index (χ2n) is 7.52. The standard InChI is InChI=1S/C19H20FN7O2/c1-9-23-14(26-25-9)5-15(28)24-17-11-6-27(7-12(11)17)19-10-3-4-13(29-2)16(20)18(10)21-8-22-19/h3-4,8,11-12,17H,5-7H2,1-2H3,(H,24,28)(H,23,25,26)/t11-,12+,17?. The molecular weight excluding hydrogens is 377 g/mol. The monoisotopic (exact) mass is 397 g/mol. The summed E-state index contributed by atoms with van der Waals surface area (Å²) >= 11 is 0. The average Bonchev–Trinajstić information content (AvgIpc) is 3.04. The number of H-pyrrole nitrogens is 1. The molecule has 1 unspecified atom stereocenters. The fraction of sp³-hybridized carbons (Fsp3) is 0.421. The summed E-state index contributed by atoms with van der Waals surface area (Å²) in [6, 6.07) is 3.53. The number of benzene rings is 1. The summed E-state index contributed by atoms with van der Waals surface area (Å²) in [6.45, 7) is 3.32. The van der Waals surface area contributed by atoms with Crippen LogP contribution in [0.2, 0.25) is 0 Å². The topological polar surface area (TPSA) is 109 Å². The van der Waals surface area contributed by atoms with Gasteiger partial charge in [-0.15, -0.1) is 0 Å². The first-order valence-electron chi connectivity index (χ1n) is 9.44. The second kappa shape index (κ2) is 6.64.